The molecule has 2 aromatic rings. The van der Waals surface area contributed by atoms with Crippen LogP contribution in [0.2, 0.25) is 0 Å². The highest BCUT2D eigenvalue weighted by Gasteiger charge is 2.05. The molecule has 0 radical (unpaired) electrons. The molecule has 2 N–H and O–H groups in total. The predicted molar refractivity (Wildman–Crippen MR) is 83.0 cm³/mol. The van der Waals surface area contributed by atoms with Crippen molar-refractivity contribution in [3.8, 4) is 0 Å². The number of benzene rings is 1. The van der Waals surface area contributed by atoms with E-state index in [0.717, 1.165) is 18.7 Å². The molecule has 1 aromatic carbocycles. The van der Waals surface area contributed by atoms with Crippen molar-refractivity contribution in [3.05, 3.63) is 53.6 Å². The Bertz CT molecular complexity index is 587. The van der Waals surface area contributed by atoms with Gasteiger partial charge in [0.1, 0.15) is 0 Å². The van der Waals surface area contributed by atoms with Crippen LogP contribution in [0, 0.1) is 0 Å². The third kappa shape index (κ3) is 3.92. The number of imidazole rings is 1. The fourth-order valence-electron chi connectivity index (χ4n) is 2.19. The molecule has 5 heteroatoms. The molecular weight excluding hydrogens is 264 g/mol. The Morgan fingerprint density at radius 3 is 2.57 bits per heavy atom. The lowest BCUT2D eigenvalue weighted by molar-refractivity contribution is 0.0963. The minimum absolute atomic E-state index is 0.0599. The number of rotatable bonds is 6. The number of nitrogens with zero attached hydrogens (tertiary/aromatic N) is 2. The SMILES string of the molecule is CNC(=O)c1ccc(CNCc2cncn2C(C)C)cc1. The third-order valence-electron chi connectivity index (χ3n) is 3.38. The van der Waals surface area contributed by atoms with E-state index in [4.69, 9.17) is 0 Å². The largest absolute Gasteiger partial charge is 0.355 e. The molecule has 0 atom stereocenters. The van der Waals surface area contributed by atoms with Gasteiger partial charge in [0.2, 0.25) is 0 Å². The Labute approximate surface area is 125 Å². The second-order valence-electron chi connectivity index (χ2n) is 5.27. The van der Waals surface area contributed by atoms with Crippen molar-refractivity contribution in [1.82, 2.24) is 20.2 Å². The van der Waals surface area contributed by atoms with Gasteiger partial charge in [-0.1, -0.05) is 12.1 Å². The van der Waals surface area contributed by atoms with E-state index in [-0.39, 0.29) is 5.91 Å². The highest BCUT2D eigenvalue weighted by Crippen LogP contribution is 2.09. The molecule has 1 aromatic heterocycles. The van der Waals surface area contributed by atoms with Crippen LogP contribution in [0.4, 0.5) is 0 Å². The van der Waals surface area contributed by atoms with Crippen molar-refractivity contribution >= 4 is 5.91 Å². The number of carbonyl (C=O) groups is 1. The summed E-state index contributed by atoms with van der Waals surface area (Å²) in [4.78, 5) is 15.6. The number of amides is 1. The monoisotopic (exact) mass is 286 g/mol. The summed E-state index contributed by atoms with van der Waals surface area (Å²) < 4.78 is 2.15. The van der Waals surface area contributed by atoms with E-state index < -0.39 is 0 Å². The Hall–Kier alpha value is -2.14. The molecule has 0 saturated carbocycles. The zero-order valence-corrected chi connectivity index (χ0v) is 12.8. The van der Waals surface area contributed by atoms with E-state index in [1.54, 1.807) is 7.05 Å². The number of hydrogen-bond donors (Lipinski definition) is 2. The smallest absolute Gasteiger partial charge is 0.251 e. The first-order chi connectivity index (χ1) is 10.1. The lowest BCUT2D eigenvalue weighted by Crippen LogP contribution is -2.18. The van der Waals surface area contributed by atoms with Crippen molar-refractivity contribution in [2.45, 2.75) is 33.0 Å². The summed E-state index contributed by atoms with van der Waals surface area (Å²) in [5.74, 6) is -0.0599. The highest BCUT2D eigenvalue weighted by molar-refractivity contribution is 5.93. The van der Waals surface area contributed by atoms with Gasteiger partial charge in [0.05, 0.1) is 12.0 Å². The van der Waals surface area contributed by atoms with Crippen molar-refractivity contribution < 1.29 is 4.79 Å². The van der Waals surface area contributed by atoms with Gasteiger partial charge in [0.25, 0.3) is 5.91 Å². The van der Waals surface area contributed by atoms with E-state index in [0.29, 0.717) is 11.6 Å². The van der Waals surface area contributed by atoms with Gasteiger partial charge in [-0.15, -0.1) is 0 Å². The summed E-state index contributed by atoms with van der Waals surface area (Å²) in [6.07, 6.45) is 3.75. The second kappa shape index (κ2) is 7.04. The topological polar surface area (TPSA) is 59.0 Å². The molecule has 0 fully saturated rings. The standard InChI is InChI=1S/C16H22N4O/c1-12(2)20-11-19-10-15(20)9-18-8-13-4-6-14(7-5-13)16(21)17-3/h4-7,10-12,18H,8-9H2,1-3H3,(H,17,21). The van der Waals surface area contributed by atoms with Crippen molar-refractivity contribution in [2.75, 3.05) is 7.05 Å². The van der Waals surface area contributed by atoms with Crippen LogP contribution in [0.5, 0.6) is 0 Å². The molecule has 0 saturated heterocycles. The van der Waals surface area contributed by atoms with Crippen molar-refractivity contribution in [3.63, 3.8) is 0 Å². The molecule has 112 valence electrons. The van der Waals surface area contributed by atoms with E-state index in [1.807, 2.05) is 36.8 Å². The Morgan fingerprint density at radius 2 is 1.95 bits per heavy atom. The quantitative estimate of drug-likeness (QED) is 0.855. The van der Waals surface area contributed by atoms with Gasteiger partial charge < -0.3 is 15.2 Å². The maximum Gasteiger partial charge on any atom is 0.251 e. The number of aromatic nitrogens is 2. The third-order valence-corrected chi connectivity index (χ3v) is 3.38. The maximum atomic E-state index is 11.5. The summed E-state index contributed by atoms with van der Waals surface area (Å²) in [6.45, 7) is 5.82. The Balaban J connectivity index is 1.89. The van der Waals surface area contributed by atoms with Gasteiger partial charge in [-0.2, -0.15) is 0 Å². The molecule has 0 aliphatic heterocycles. The Kier molecular flexibility index (Phi) is 5.11. The number of carbonyl (C=O) groups excluding carboxylic acids is 1. The van der Waals surface area contributed by atoms with Crippen LogP contribution < -0.4 is 10.6 Å². The first-order valence-electron chi connectivity index (χ1n) is 7.14. The molecule has 0 aliphatic carbocycles. The van der Waals surface area contributed by atoms with Gasteiger partial charge in [-0.25, -0.2) is 4.98 Å². The van der Waals surface area contributed by atoms with Gasteiger partial charge in [0.15, 0.2) is 0 Å². The molecule has 2 rings (SSSR count). The molecule has 0 aliphatic rings. The Morgan fingerprint density at radius 1 is 1.24 bits per heavy atom. The van der Waals surface area contributed by atoms with Gasteiger partial charge >= 0.3 is 0 Å². The molecule has 0 unspecified atom stereocenters. The zero-order valence-electron chi connectivity index (χ0n) is 12.8. The van der Waals surface area contributed by atoms with Gasteiger partial charge in [-0.3, -0.25) is 4.79 Å². The second-order valence-corrected chi connectivity index (χ2v) is 5.27. The molecule has 0 bridgehead atoms. The average molecular weight is 286 g/mol. The molecule has 1 heterocycles. The van der Waals surface area contributed by atoms with Crippen LogP contribution in [-0.2, 0) is 13.1 Å². The zero-order chi connectivity index (χ0) is 15.2. The maximum absolute atomic E-state index is 11.5. The highest BCUT2D eigenvalue weighted by atomic mass is 16.1. The molecule has 5 nitrogen and oxygen atoms in total. The minimum Gasteiger partial charge on any atom is -0.355 e. The van der Waals surface area contributed by atoms with Crippen LogP contribution in [-0.4, -0.2) is 22.5 Å². The van der Waals surface area contributed by atoms with Gasteiger partial charge in [0, 0.05) is 37.9 Å². The molecule has 21 heavy (non-hydrogen) atoms. The number of hydrogen-bond acceptors (Lipinski definition) is 3. The first-order valence-corrected chi connectivity index (χ1v) is 7.14. The van der Waals surface area contributed by atoms with Crippen LogP contribution in [0.3, 0.4) is 0 Å². The first kappa shape index (κ1) is 15.3. The summed E-state index contributed by atoms with van der Waals surface area (Å²) in [5.41, 5.74) is 3.00. The summed E-state index contributed by atoms with van der Waals surface area (Å²) >= 11 is 0. The summed E-state index contributed by atoms with van der Waals surface area (Å²) in [5, 5.41) is 6.02. The lowest BCUT2D eigenvalue weighted by Gasteiger charge is -2.12. The fraction of sp³-hybridized carbons (Fsp3) is 0.375. The van der Waals surface area contributed by atoms with Gasteiger partial charge in [-0.05, 0) is 31.5 Å². The average Bonchev–Trinajstić information content (AvgIpc) is 2.96. The van der Waals surface area contributed by atoms with Crippen molar-refractivity contribution in [2.24, 2.45) is 0 Å². The molecule has 1 amide bonds. The van der Waals surface area contributed by atoms with Crippen LogP contribution >= 0.6 is 0 Å². The fourth-order valence-corrected chi connectivity index (χ4v) is 2.19. The predicted octanol–water partition coefficient (Wildman–Crippen LogP) is 2.11. The van der Waals surface area contributed by atoms with E-state index in [9.17, 15) is 4.79 Å². The van der Waals surface area contributed by atoms with Crippen LogP contribution in [0.1, 0.15) is 41.5 Å². The summed E-state index contributed by atoms with van der Waals surface area (Å²) in [6, 6.07) is 8.04. The van der Waals surface area contributed by atoms with E-state index in [1.165, 1.54) is 5.69 Å². The van der Waals surface area contributed by atoms with Crippen molar-refractivity contribution in [1.29, 1.82) is 0 Å². The van der Waals surface area contributed by atoms with E-state index >= 15 is 0 Å². The van der Waals surface area contributed by atoms with Crippen LogP contribution in [0.15, 0.2) is 36.8 Å². The lowest BCUT2D eigenvalue weighted by atomic mass is 10.1. The summed E-state index contributed by atoms with van der Waals surface area (Å²) in [7, 11) is 1.63. The molecule has 0 spiro atoms. The van der Waals surface area contributed by atoms with E-state index in [2.05, 4.69) is 34.0 Å². The number of nitrogens with one attached hydrogen (secondary N) is 2. The molecular formula is C16H22N4O. The van der Waals surface area contributed by atoms with Crippen LogP contribution in [0.25, 0.3) is 0 Å². The normalized spacial score (nSPS) is 10.9. The minimum atomic E-state index is -0.0599.